The number of rotatable bonds is 5. The Morgan fingerprint density at radius 2 is 2.06 bits per heavy atom. The molecule has 156 valence electrons. The topological polar surface area (TPSA) is 80.6 Å². The number of nitrogens with zero attached hydrogens (tertiary/aromatic N) is 3. The first-order valence-corrected chi connectivity index (χ1v) is 12.5. The number of aromatic amines is 1. The van der Waals surface area contributed by atoms with E-state index in [4.69, 9.17) is 16.6 Å². The lowest BCUT2D eigenvalue weighted by atomic mass is 10.2. The average Bonchev–Trinajstić information content (AvgIpc) is 3.42. The Morgan fingerprint density at radius 3 is 2.84 bits per heavy atom. The Bertz CT molecular complexity index is 1540. The number of hydrogen-bond donors (Lipinski definition) is 1. The molecule has 6 nitrogen and oxygen atoms in total. The number of halogens is 1. The molecule has 0 saturated heterocycles. The minimum Gasteiger partial charge on any atom is -0.309 e. The van der Waals surface area contributed by atoms with Gasteiger partial charge in [0.15, 0.2) is 5.16 Å². The second-order valence-electron chi connectivity index (χ2n) is 6.71. The third-order valence-electron chi connectivity index (χ3n) is 4.82. The highest BCUT2D eigenvalue weighted by molar-refractivity contribution is 7.98. The van der Waals surface area contributed by atoms with E-state index in [9.17, 15) is 9.59 Å². The molecule has 0 spiro atoms. The fourth-order valence-corrected chi connectivity index (χ4v) is 6.28. The first-order valence-electron chi connectivity index (χ1n) is 9.42. The van der Waals surface area contributed by atoms with Gasteiger partial charge in [0.2, 0.25) is 0 Å². The van der Waals surface area contributed by atoms with Crippen LogP contribution in [0.1, 0.15) is 12.7 Å². The Kier molecular flexibility index (Phi) is 5.43. The number of benzene rings is 1. The van der Waals surface area contributed by atoms with E-state index in [0.29, 0.717) is 44.6 Å². The molecule has 1 N–H and O–H groups in total. The summed E-state index contributed by atoms with van der Waals surface area (Å²) in [6.07, 6.45) is 0. The second-order valence-corrected chi connectivity index (χ2v) is 9.90. The largest absolute Gasteiger partial charge is 0.309 e. The molecule has 0 amide bonds. The molecule has 0 saturated carbocycles. The summed E-state index contributed by atoms with van der Waals surface area (Å²) in [7, 11) is 0. The predicted octanol–water partition coefficient (Wildman–Crippen LogP) is 5.39. The van der Waals surface area contributed by atoms with Crippen molar-refractivity contribution < 1.29 is 0 Å². The molecule has 4 heterocycles. The van der Waals surface area contributed by atoms with Gasteiger partial charge in [0.1, 0.15) is 10.7 Å². The lowest BCUT2D eigenvalue weighted by Gasteiger charge is -2.10. The quantitative estimate of drug-likeness (QED) is 0.266. The summed E-state index contributed by atoms with van der Waals surface area (Å²) >= 11 is 10.4. The van der Waals surface area contributed by atoms with Gasteiger partial charge in [-0.25, -0.2) is 9.97 Å². The highest BCUT2D eigenvalue weighted by Gasteiger charge is 2.17. The van der Waals surface area contributed by atoms with Crippen molar-refractivity contribution in [1.82, 2.24) is 19.5 Å². The van der Waals surface area contributed by atoms with Crippen LogP contribution in [0.5, 0.6) is 0 Å². The summed E-state index contributed by atoms with van der Waals surface area (Å²) in [6.45, 7) is 2.43. The van der Waals surface area contributed by atoms with E-state index in [1.165, 1.54) is 23.1 Å². The fourth-order valence-electron chi connectivity index (χ4n) is 3.37. The number of thiophene rings is 2. The molecular weight excluding hydrogens is 472 g/mol. The van der Waals surface area contributed by atoms with Crippen LogP contribution in [0.4, 0.5) is 0 Å². The molecule has 0 atom stereocenters. The summed E-state index contributed by atoms with van der Waals surface area (Å²) in [5.74, 6) is 0.904. The Hall–Kier alpha value is -2.46. The van der Waals surface area contributed by atoms with Crippen molar-refractivity contribution >= 4 is 67.2 Å². The minimum absolute atomic E-state index is 0.0470. The summed E-state index contributed by atoms with van der Waals surface area (Å²) in [6, 6.07) is 9.03. The van der Waals surface area contributed by atoms with E-state index in [0.717, 1.165) is 15.3 Å². The molecule has 1 aromatic carbocycles. The van der Waals surface area contributed by atoms with E-state index < -0.39 is 0 Å². The van der Waals surface area contributed by atoms with E-state index in [1.807, 2.05) is 29.8 Å². The normalized spacial score (nSPS) is 11.5. The van der Waals surface area contributed by atoms with Gasteiger partial charge in [-0.15, -0.1) is 22.7 Å². The summed E-state index contributed by atoms with van der Waals surface area (Å²) in [4.78, 5) is 39.5. The van der Waals surface area contributed by atoms with Gasteiger partial charge in [-0.3, -0.25) is 14.2 Å². The molecule has 0 aliphatic rings. The van der Waals surface area contributed by atoms with Crippen molar-refractivity contribution in [3.05, 3.63) is 72.6 Å². The van der Waals surface area contributed by atoms with Crippen LogP contribution < -0.4 is 11.1 Å². The molecule has 0 aliphatic carbocycles. The zero-order valence-electron chi connectivity index (χ0n) is 16.2. The lowest BCUT2D eigenvalue weighted by molar-refractivity contribution is 0.635. The van der Waals surface area contributed by atoms with Crippen LogP contribution >= 0.6 is 46.0 Å². The third-order valence-corrected chi connectivity index (χ3v) is 7.81. The van der Waals surface area contributed by atoms with Crippen molar-refractivity contribution in [2.45, 2.75) is 24.4 Å². The Labute approximate surface area is 193 Å². The van der Waals surface area contributed by atoms with Crippen molar-refractivity contribution in [2.75, 3.05) is 0 Å². The van der Waals surface area contributed by atoms with Crippen LogP contribution in [0.25, 0.3) is 31.6 Å². The molecule has 0 unspecified atom stereocenters. The van der Waals surface area contributed by atoms with E-state index in [2.05, 4.69) is 9.97 Å². The smallest absolute Gasteiger partial charge is 0.263 e. The maximum Gasteiger partial charge on any atom is 0.263 e. The van der Waals surface area contributed by atoms with E-state index in [1.54, 1.807) is 34.1 Å². The monoisotopic (exact) mass is 486 g/mol. The van der Waals surface area contributed by atoms with Crippen molar-refractivity contribution in [3.63, 3.8) is 0 Å². The van der Waals surface area contributed by atoms with Crippen molar-refractivity contribution in [1.29, 1.82) is 0 Å². The maximum absolute atomic E-state index is 13.3. The van der Waals surface area contributed by atoms with Crippen LogP contribution in [-0.2, 0) is 12.3 Å². The van der Waals surface area contributed by atoms with Crippen molar-refractivity contribution in [3.8, 4) is 10.4 Å². The van der Waals surface area contributed by atoms with Crippen LogP contribution in [0.3, 0.4) is 0 Å². The number of hydrogen-bond acceptors (Lipinski definition) is 7. The molecule has 0 radical (unpaired) electrons. The van der Waals surface area contributed by atoms with Crippen molar-refractivity contribution in [2.24, 2.45) is 0 Å². The molecule has 5 aromatic rings. The van der Waals surface area contributed by atoms with E-state index >= 15 is 0 Å². The summed E-state index contributed by atoms with van der Waals surface area (Å²) in [5.41, 5.74) is 1.23. The number of aromatic nitrogens is 4. The zero-order valence-corrected chi connectivity index (χ0v) is 19.4. The first kappa shape index (κ1) is 20.4. The van der Waals surface area contributed by atoms with Gasteiger partial charge in [-0.05, 0) is 36.6 Å². The second kappa shape index (κ2) is 8.23. The van der Waals surface area contributed by atoms with Gasteiger partial charge in [-0.2, -0.15) is 0 Å². The molecule has 31 heavy (non-hydrogen) atoms. The van der Waals surface area contributed by atoms with E-state index in [-0.39, 0.29) is 11.1 Å². The molecule has 0 aliphatic heterocycles. The number of thioether (sulfide) groups is 1. The van der Waals surface area contributed by atoms with Crippen LogP contribution in [0.15, 0.2) is 55.8 Å². The molecule has 0 fully saturated rings. The number of nitrogens with one attached hydrogen (secondary N) is 1. The fraction of sp³-hybridized carbons (Fsp3) is 0.143. The lowest BCUT2D eigenvalue weighted by Crippen LogP contribution is -2.22. The van der Waals surface area contributed by atoms with Gasteiger partial charge in [0.05, 0.1) is 22.0 Å². The zero-order chi connectivity index (χ0) is 21.5. The number of fused-ring (bicyclic) bond motifs is 2. The highest BCUT2D eigenvalue weighted by atomic mass is 35.5. The average molecular weight is 487 g/mol. The van der Waals surface area contributed by atoms with Crippen LogP contribution in [0, 0.1) is 0 Å². The van der Waals surface area contributed by atoms with Gasteiger partial charge < -0.3 is 4.98 Å². The molecular formula is C21H15ClN4O2S3. The standard InChI is InChI=1S/C21H15ClN4O2S3/c1-2-26-20(28)17-13(15-4-3-7-29-15)9-30-19(17)25-21(26)31-10-16-23-14-6-5-11(22)8-12(14)18(27)24-16/h3-9H,2,10H2,1H3,(H,23,24,27). The van der Waals surface area contributed by atoms with Gasteiger partial charge in [0.25, 0.3) is 11.1 Å². The maximum atomic E-state index is 13.3. The Morgan fingerprint density at radius 1 is 1.19 bits per heavy atom. The predicted molar refractivity (Wildman–Crippen MR) is 130 cm³/mol. The highest BCUT2D eigenvalue weighted by Crippen LogP contribution is 2.34. The summed E-state index contributed by atoms with van der Waals surface area (Å²) in [5, 5.41) is 6.20. The third kappa shape index (κ3) is 3.71. The van der Waals surface area contributed by atoms with Gasteiger partial charge >= 0.3 is 0 Å². The Balaban J connectivity index is 1.52. The van der Waals surface area contributed by atoms with Crippen LogP contribution in [-0.4, -0.2) is 19.5 Å². The summed E-state index contributed by atoms with van der Waals surface area (Å²) < 4.78 is 1.68. The molecule has 5 rings (SSSR count). The SMILES string of the molecule is CCn1c(SCc2nc3ccc(Cl)cc3c(=O)[nH]2)nc2scc(-c3cccs3)c2c1=O. The van der Waals surface area contributed by atoms with Gasteiger partial charge in [-0.1, -0.05) is 29.4 Å². The number of H-pyrrole nitrogens is 1. The minimum atomic E-state index is -0.238. The molecule has 10 heteroatoms. The van der Waals surface area contributed by atoms with Crippen LogP contribution in [0.2, 0.25) is 5.02 Å². The first-order chi connectivity index (χ1) is 15.0. The van der Waals surface area contributed by atoms with Gasteiger partial charge in [0, 0.05) is 27.4 Å². The molecule has 4 aromatic heterocycles. The molecule has 0 bridgehead atoms.